The number of nitrogens with zero attached hydrogens (tertiary/aromatic N) is 1. The van der Waals surface area contributed by atoms with Gasteiger partial charge in [0.15, 0.2) is 0 Å². The molecule has 1 heterocycles. The third-order valence-electron chi connectivity index (χ3n) is 2.08. The Morgan fingerprint density at radius 2 is 2.12 bits per heavy atom. The molecule has 1 aromatic heterocycles. The fourth-order valence-electron chi connectivity index (χ4n) is 1.26. The minimum absolute atomic E-state index is 0.0663. The van der Waals surface area contributed by atoms with Crippen molar-refractivity contribution in [1.29, 1.82) is 0 Å². The predicted molar refractivity (Wildman–Crippen MR) is 61.6 cm³/mol. The SMILES string of the molecule is O=C(OCc1ccccc1)c1cnc(CCl)o1. The number of esters is 1. The van der Waals surface area contributed by atoms with E-state index >= 15 is 0 Å². The van der Waals surface area contributed by atoms with Crippen LogP contribution < -0.4 is 0 Å². The Balaban J connectivity index is 1.93. The lowest BCUT2D eigenvalue weighted by atomic mass is 10.2. The number of aromatic nitrogens is 1. The minimum atomic E-state index is -0.544. The average Bonchev–Trinajstić information content (AvgIpc) is 2.86. The van der Waals surface area contributed by atoms with E-state index in [9.17, 15) is 4.79 Å². The molecule has 0 unspecified atom stereocenters. The highest BCUT2D eigenvalue weighted by Gasteiger charge is 2.13. The average molecular weight is 252 g/mol. The minimum Gasteiger partial charge on any atom is -0.455 e. The second-order valence-corrected chi connectivity index (χ2v) is 3.58. The summed E-state index contributed by atoms with van der Waals surface area (Å²) in [4.78, 5) is 15.4. The Kier molecular flexibility index (Phi) is 3.77. The van der Waals surface area contributed by atoms with E-state index in [1.54, 1.807) is 0 Å². The van der Waals surface area contributed by atoms with Crippen LogP contribution in [-0.2, 0) is 17.2 Å². The monoisotopic (exact) mass is 251 g/mol. The second kappa shape index (κ2) is 5.50. The Hall–Kier alpha value is -1.81. The fourth-order valence-corrected chi connectivity index (χ4v) is 1.38. The molecule has 2 aromatic rings. The first-order valence-corrected chi connectivity index (χ1v) is 5.55. The van der Waals surface area contributed by atoms with Gasteiger partial charge in [-0.1, -0.05) is 30.3 Å². The van der Waals surface area contributed by atoms with Gasteiger partial charge in [0.1, 0.15) is 6.61 Å². The van der Waals surface area contributed by atoms with Gasteiger partial charge in [-0.05, 0) is 5.56 Å². The van der Waals surface area contributed by atoms with Crippen LogP contribution >= 0.6 is 11.6 Å². The quantitative estimate of drug-likeness (QED) is 0.619. The van der Waals surface area contributed by atoms with E-state index < -0.39 is 5.97 Å². The Labute approximate surface area is 103 Å². The summed E-state index contributed by atoms with van der Waals surface area (Å²) in [6.07, 6.45) is 1.31. The molecule has 4 nitrogen and oxygen atoms in total. The standard InChI is InChI=1S/C12H10ClNO3/c13-6-11-14-7-10(17-11)12(15)16-8-9-4-2-1-3-5-9/h1-5,7H,6,8H2. The number of oxazole rings is 1. The summed E-state index contributed by atoms with van der Waals surface area (Å²) in [5.74, 6) is -0.0426. The van der Waals surface area contributed by atoms with Gasteiger partial charge in [0.2, 0.25) is 11.7 Å². The number of ether oxygens (including phenoxy) is 1. The van der Waals surface area contributed by atoms with Crippen molar-refractivity contribution in [3.05, 3.63) is 53.7 Å². The van der Waals surface area contributed by atoms with Gasteiger partial charge in [-0.3, -0.25) is 0 Å². The molecule has 0 aliphatic carbocycles. The zero-order valence-corrected chi connectivity index (χ0v) is 9.68. The molecule has 0 bridgehead atoms. The van der Waals surface area contributed by atoms with Crippen LogP contribution in [0.3, 0.4) is 0 Å². The highest BCUT2D eigenvalue weighted by atomic mass is 35.5. The van der Waals surface area contributed by atoms with Gasteiger partial charge in [0.05, 0.1) is 12.1 Å². The lowest BCUT2D eigenvalue weighted by Crippen LogP contribution is -2.03. The Bertz CT molecular complexity index is 495. The smallest absolute Gasteiger partial charge is 0.376 e. The van der Waals surface area contributed by atoms with Crippen molar-refractivity contribution < 1.29 is 13.9 Å². The molecule has 5 heteroatoms. The molecule has 0 amide bonds. The number of hydrogen-bond donors (Lipinski definition) is 0. The van der Waals surface area contributed by atoms with Crippen LogP contribution in [0.15, 0.2) is 40.9 Å². The maximum atomic E-state index is 11.5. The van der Waals surface area contributed by atoms with Gasteiger partial charge < -0.3 is 9.15 Å². The molecule has 0 saturated carbocycles. The van der Waals surface area contributed by atoms with Crippen LogP contribution in [0.5, 0.6) is 0 Å². The van der Waals surface area contributed by atoms with E-state index in [0.29, 0.717) is 5.89 Å². The molecule has 0 radical (unpaired) electrons. The Morgan fingerprint density at radius 1 is 1.35 bits per heavy atom. The zero-order valence-electron chi connectivity index (χ0n) is 8.93. The lowest BCUT2D eigenvalue weighted by molar-refractivity contribution is 0.0434. The van der Waals surface area contributed by atoms with Gasteiger partial charge in [-0.2, -0.15) is 0 Å². The molecular formula is C12H10ClNO3. The number of rotatable bonds is 4. The van der Waals surface area contributed by atoms with Crippen molar-refractivity contribution in [2.75, 3.05) is 0 Å². The summed E-state index contributed by atoms with van der Waals surface area (Å²) < 4.78 is 10.1. The van der Waals surface area contributed by atoms with Gasteiger partial charge in [0.25, 0.3) is 0 Å². The number of alkyl halides is 1. The van der Waals surface area contributed by atoms with Crippen LogP contribution in [0.4, 0.5) is 0 Å². The van der Waals surface area contributed by atoms with Crippen molar-refractivity contribution >= 4 is 17.6 Å². The van der Waals surface area contributed by atoms with E-state index in [1.807, 2.05) is 30.3 Å². The summed E-state index contributed by atoms with van der Waals surface area (Å²) in [6.45, 7) is 0.205. The third-order valence-corrected chi connectivity index (χ3v) is 2.31. The lowest BCUT2D eigenvalue weighted by Gasteiger charge is -2.01. The molecule has 0 spiro atoms. The molecule has 88 valence electrons. The summed E-state index contributed by atoms with van der Waals surface area (Å²) in [5.41, 5.74) is 0.915. The molecule has 0 aliphatic rings. The van der Waals surface area contributed by atoms with Crippen molar-refractivity contribution in [2.24, 2.45) is 0 Å². The second-order valence-electron chi connectivity index (χ2n) is 3.31. The van der Waals surface area contributed by atoms with Gasteiger partial charge in [0, 0.05) is 0 Å². The normalized spacial score (nSPS) is 10.2. The van der Waals surface area contributed by atoms with Crippen molar-refractivity contribution in [3.8, 4) is 0 Å². The molecule has 17 heavy (non-hydrogen) atoms. The van der Waals surface area contributed by atoms with Crippen LogP contribution in [0.1, 0.15) is 22.0 Å². The number of benzene rings is 1. The Morgan fingerprint density at radius 3 is 2.76 bits per heavy atom. The summed E-state index contributed by atoms with van der Waals surface area (Å²) >= 11 is 5.51. The van der Waals surface area contributed by atoms with Crippen LogP contribution in [0.2, 0.25) is 0 Å². The van der Waals surface area contributed by atoms with E-state index in [-0.39, 0.29) is 18.2 Å². The summed E-state index contributed by atoms with van der Waals surface area (Å²) in [6, 6.07) is 9.40. The summed E-state index contributed by atoms with van der Waals surface area (Å²) in [7, 11) is 0. The molecule has 0 atom stereocenters. The molecule has 0 aliphatic heterocycles. The predicted octanol–water partition coefficient (Wildman–Crippen LogP) is 2.77. The highest BCUT2D eigenvalue weighted by molar-refractivity contribution is 6.16. The molecule has 1 aromatic carbocycles. The van der Waals surface area contributed by atoms with E-state index in [4.69, 9.17) is 20.8 Å². The van der Waals surface area contributed by atoms with Crippen LogP contribution in [0.25, 0.3) is 0 Å². The van der Waals surface area contributed by atoms with Crippen molar-refractivity contribution in [3.63, 3.8) is 0 Å². The first-order chi connectivity index (χ1) is 8.29. The van der Waals surface area contributed by atoms with Gasteiger partial charge >= 0.3 is 5.97 Å². The maximum Gasteiger partial charge on any atom is 0.376 e. The number of carbonyl (C=O) groups is 1. The number of carbonyl (C=O) groups excluding carboxylic acids is 1. The fraction of sp³-hybridized carbons (Fsp3) is 0.167. The molecule has 0 fully saturated rings. The van der Waals surface area contributed by atoms with E-state index in [1.165, 1.54) is 6.20 Å². The largest absolute Gasteiger partial charge is 0.455 e. The third kappa shape index (κ3) is 3.07. The molecule has 2 rings (SSSR count). The first kappa shape index (κ1) is 11.7. The van der Waals surface area contributed by atoms with Gasteiger partial charge in [-0.25, -0.2) is 9.78 Å². The van der Waals surface area contributed by atoms with Crippen molar-refractivity contribution in [1.82, 2.24) is 4.98 Å². The topological polar surface area (TPSA) is 52.3 Å². The van der Waals surface area contributed by atoms with Crippen LogP contribution in [-0.4, -0.2) is 11.0 Å². The first-order valence-electron chi connectivity index (χ1n) is 5.01. The number of hydrogen-bond acceptors (Lipinski definition) is 4. The molecule has 0 saturated heterocycles. The highest BCUT2D eigenvalue weighted by Crippen LogP contribution is 2.09. The zero-order chi connectivity index (χ0) is 12.1. The molecular weight excluding hydrogens is 242 g/mol. The maximum absolute atomic E-state index is 11.5. The summed E-state index contributed by atoms with van der Waals surface area (Å²) in [5, 5.41) is 0. The van der Waals surface area contributed by atoms with Gasteiger partial charge in [-0.15, -0.1) is 11.6 Å². The van der Waals surface area contributed by atoms with Crippen molar-refractivity contribution in [2.45, 2.75) is 12.5 Å². The molecule has 0 N–H and O–H groups in total. The van der Waals surface area contributed by atoms with E-state index in [2.05, 4.69) is 4.98 Å². The van der Waals surface area contributed by atoms with E-state index in [0.717, 1.165) is 5.56 Å². The van der Waals surface area contributed by atoms with Crippen LogP contribution in [0, 0.1) is 0 Å². The number of halogens is 1.